The molecule has 2 aromatic heterocycles. The van der Waals surface area contributed by atoms with Gasteiger partial charge < -0.3 is 14.1 Å². The molecule has 0 atom stereocenters. The molecular formula is C29H18N2O2. The van der Waals surface area contributed by atoms with Crippen molar-refractivity contribution < 1.29 is 9.15 Å². The summed E-state index contributed by atoms with van der Waals surface area (Å²) in [6.45, 7) is 0. The van der Waals surface area contributed by atoms with Crippen molar-refractivity contribution >= 4 is 39.1 Å². The summed E-state index contributed by atoms with van der Waals surface area (Å²) in [5.74, 6) is 1.68. The van der Waals surface area contributed by atoms with E-state index in [0.29, 0.717) is 5.71 Å². The average Bonchev–Trinajstić information content (AvgIpc) is 3.25. The number of pyridine rings is 1. The lowest BCUT2D eigenvalue weighted by atomic mass is 10.0. The molecule has 0 unspecified atom stereocenters. The number of fused-ring (bicyclic) bond motifs is 5. The van der Waals surface area contributed by atoms with Crippen LogP contribution in [0.2, 0.25) is 0 Å². The fourth-order valence-corrected chi connectivity index (χ4v) is 4.57. The number of ether oxygens (including phenoxy) is 1. The van der Waals surface area contributed by atoms with Crippen molar-refractivity contribution in [3.8, 4) is 22.6 Å². The zero-order valence-corrected chi connectivity index (χ0v) is 17.6. The number of nitrogens with zero attached hydrogens (tertiary/aromatic N) is 2. The molecule has 0 aliphatic carbocycles. The molecule has 4 nitrogen and oxygen atoms in total. The van der Waals surface area contributed by atoms with Gasteiger partial charge in [-0.2, -0.15) is 0 Å². The van der Waals surface area contributed by atoms with Gasteiger partial charge in [0.1, 0.15) is 5.58 Å². The molecule has 0 amide bonds. The van der Waals surface area contributed by atoms with E-state index in [1.807, 2.05) is 60.8 Å². The minimum absolute atomic E-state index is 0.659. The highest BCUT2D eigenvalue weighted by Gasteiger charge is 2.25. The van der Waals surface area contributed by atoms with Crippen LogP contribution < -0.4 is 9.64 Å². The summed E-state index contributed by atoms with van der Waals surface area (Å²) < 4.78 is 12.1. The lowest BCUT2D eigenvalue weighted by Gasteiger charge is -2.33. The zero-order chi connectivity index (χ0) is 21.8. The summed E-state index contributed by atoms with van der Waals surface area (Å²) in [4.78, 5) is 6.86. The molecular weight excluding hydrogens is 408 g/mol. The Morgan fingerprint density at radius 1 is 0.606 bits per heavy atom. The second-order valence-electron chi connectivity index (χ2n) is 8.10. The summed E-state index contributed by atoms with van der Waals surface area (Å²) in [5.41, 5.74) is 6.75. The molecule has 4 aromatic carbocycles. The monoisotopic (exact) mass is 426 g/mol. The van der Waals surface area contributed by atoms with Gasteiger partial charge in [-0.25, -0.2) is 4.98 Å². The number of para-hydroxylation sites is 5. The third-order valence-electron chi connectivity index (χ3n) is 6.10. The van der Waals surface area contributed by atoms with E-state index in [4.69, 9.17) is 9.15 Å². The normalized spacial score (nSPS) is 12.4. The molecule has 6 aromatic rings. The standard InChI is InChI=1S/C29H18N2O2/c1-4-13-26-22(10-1)23-17-20(18-30-29(23)33-26)19-8-7-9-21(16-19)31-24-11-2-5-14-27(24)32-28-15-6-3-12-25(28)31/h1-18H. The Balaban J connectivity index is 1.39. The highest BCUT2D eigenvalue weighted by Crippen LogP contribution is 2.50. The second-order valence-corrected chi connectivity index (χ2v) is 8.10. The van der Waals surface area contributed by atoms with Crippen molar-refractivity contribution in [3.05, 3.63) is 109 Å². The molecule has 3 heterocycles. The third kappa shape index (κ3) is 2.81. The fourth-order valence-electron chi connectivity index (χ4n) is 4.57. The third-order valence-corrected chi connectivity index (χ3v) is 6.10. The van der Waals surface area contributed by atoms with Gasteiger partial charge in [0.15, 0.2) is 11.5 Å². The largest absolute Gasteiger partial charge is 0.453 e. The number of hydrogen-bond acceptors (Lipinski definition) is 4. The Morgan fingerprint density at radius 3 is 2.15 bits per heavy atom. The molecule has 0 spiro atoms. The Bertz CT molecular complexity index is 1620. The second kappa shape index (κ2) is 6.97. The van der Waals surface area contributed by atoms with Crippen LogP contribution in [0, 0.1) is 0 Å². The first-order valence-corrected chi connectivity index (χ1v) is 10.9. The van der Waals surface area contributed by atoms with Gasteiger partial charge in [-0.1, -0.05) is 54.6 Å². The van der Waals surface area contributed by atoms with Gasteiger partial charge in [0.05, 0.1) is 11.4 Å². The first-order chi connectivity index (χ1) is 16.3. The highest BCUT2D eigenvalue weighted by molar-refractivity contribution is 6.04. The van der Waals surface area contributed by atoms with E-state index in [9.17, 15) is 0 Å². The molecule has 4 heteroatoms. The van der Waals surface area contributed by atoms with Crippen molar-refractivity contribution in [1.29, 1.82) is 0 Å². The molecule has 0 radical (unpaired) electrons. The maximum atomic E-state index is 6.16. The smallest absolute Gasteiger partial charge is 0.227 e. The van der Waals surface area contributed by atoms with E-state index in [1.54, 1.807) is 0 Å². The molecule has 0 N–H and O–H groups in total. The average molecular weight is 426 g/mol. The van der Waals surface area contributed by atoms with Crippen LogP contribution >= 0.6 is 0 Å². The van der Waals surface area contributed by atoms with E-state index in [1.165, 1.54) is 0 Å². The van der Waals surface area contributed by atoms with Gasteiger partial charge in [0.25, 0.3) is 0 Å². The Morgan fingerprint density at radius 2 is 1.33 bits per heavy atom. The summed E-state index contributed by atoms with van der Waals surface area (Å²) in [6.07, 6.45) is 1.88. The summed E-state index contributed by atoms with van der Waals surface area (Å²) in [6, 6.07) is 35.0. The minimum atomic E-state index is 0.659. The predicted octanol–water partition coefficient (Wildman–Crippen LogP) is 8.22. The van der Waals surface area contributed by atoms with Gasteiger partial charge in [0, 0.05) is 28.2 Å². The molecule has 0 bridgehead atoms. The molecule has 156 valence electrons. The number of anilines is 3. The minimum Gasteiger partial charge on any atom is -0.453 e. The van der Waals surface area contributed by atoms with Gasteiger partial charge in [-0.15, -0.1) is 0 Å². The van der Waals surface area contributed by atoms with Gasteiger partial charge in [0.2, 0.25) is 5.71 Å². The van der Waals surface area contributed by atoms with Crippen LogP contribution in [0.1, 0.15) is 0 Å². The summed E-state index contributed by atoms with van der Waals surface area (Å²) >= 11 is 0. The van der Waals surface area contributed by atoms with Crippen LogP contribution in [0.5, 0.6) is 11.5 Å². The molecule has 0 saturated carbocycles. The first kappa shape index (κ1) is 18.0. The van der Waals surface area contributed by atoms with Crippen LogP contribution in [0.25, 0.3) is 33.2 Å². The summed E-state index contributed by atoms with van der Waals surface area (Å²) in [7, 11) is 0. The maximum Gasteiger partial charge on any atom is 0.227 e. The number of hydrogen-bond donors (Lipinski definition) is 0. The number of benzene rings is 4. The van der Waals surface area contributed by atoms with E-state index in [-0.39, 0.29) is 0 Å². The van der Waals surface area contributed by atoms with Gasteiger partial charge in [-0.3, -0.25) is 0 Å². The molecule has 7 rings (SSSR count). The highest BCUT2D eigenvalue weighted by atomic mass is 16.5. The van der Waals surface area contributed by atoms with Crippen LogP contribution in [0.3, 0.4) is 0 Å². The fraction of sp³-hybridized carbons (Fsp3) is 0. The lowest BCUT2D eigenvalue weighted by molar-refractivity contribution is 0.477. The maximum absolute atomic E-state index is 6.16. The van der Waals surface area contributed by atoms with Crippen molar-refractivity contribution in [1.82, 2.24) is 4.98 Å². The Labute approximate surface area is 190 Å². The van der Waals surface area contributed by atoms with Crippen LogP contribution in [0.15, 0.2) is 114 Å². The first-order valence-electron chi connectivity index (χ1n) is 10.9. The number of rotatable bonds is 2. The van der Waals surface area contributed by atoms with Crippen molar-refractivity contribution in [2.24, 2.45) is 0 Å². The Kier molecular flexibility index (Phi) is 3.81. The molecule has 1 aliphatic rings. The molecule has 0 saturated heterocycles. The van der Waals surface area contributed by atoms with E-state index < -0.39 is 0 Å². The SMILES string of the molecule is c1cc(-c2cnc3oc4ccccc4c3c2)cc(N2c3ccccc3Oc3ccccc32)c1. The van der Waals surface area contributed by atoms with Crippen LogP contribution in [0.4, 0.5) is 17.1 Å². The number of furan rings is 1. The van der Waals surface area contributed by atoms with Crippen molar-refractivity contribution in [3.63, 3.8) is 0 Å². The topological polar surface area (TPSA) is 38.5 Å². The van der Waals surface area contributed by atoms with Crippen LogP contribution in [-0.4, -0.2) is 4.98 Å². The molecule has 1 aliphatic heterocycles. The number of aromatic nitrogens is 1. The van der Waals surface area contributed by atoms with Crippen LogP contribution in [-0.2, 0) is 0 Å². The summed E-state index contributed by atoms with van der Waals surface area (Å²) in [5, 5.41) is 2.10. The Hall–Kier alpha value is -4.57. The van der Waals surface area contributed by atoms with E-state index >= 15 is 0 Å². The van der Waals surface area contributed by atoms with E-state index in [2.05, 4.69) is 58.4 Å². The van der Waals surface area contributed by atoms with Gasteiger partial charge in [-0.05, 0) is 54.1 Å². The molecule has 0 fully saturated rings. The van der Waals surface area contributed by atoms with E-state index in [0.717, 1.165) is 56.0 Å². The predicted molar refractivity (Wildman–Crippen MR) is 132 cm³/mol. The lowest BCUT2D eigenvalue weighted by Crippen LogP contribution is -2.15. The van der Waals surface area contributed by atoms with Crippen molar-refractivity contribution in [2.75, 3.05) is 4.90 Å². The zero-order valence-electron chi connectivity index (χ0n) is 17.6. The molecule has 33 heavy (non-hydrogen) atoms. The van der Waals surface area contributed by atoms with Crippen molar-refractivity contribution in [2.45, 2.75) is 0 Å². The van der Waals surface area contributed by atoms with Gasteiger partial charge >= 0.3 is 0 Å². The quantitative estimate of drug-likeness (QED) is 0.279.